The molecule has 2 N–H and O–H groups in total. The molecule has 0 fully saturated rings. The first-order valence-corrected chi connectivity index (χ1v) is 9.77. The van der Waals surface area contributed by atoms with Gasteiger partial charge in [0, 0.05) is 11.8 Å². The summed E-state index contributed by atoms with van der Waals surface area (Å²) >= 11 is 0. The molecule has 1 aliphatic heterocycles. The molecule has 5 heteroatoms. The number of fused-ring (bicyclic) bond motifs is 1. The van der Waals surface area contributed by atoms with Gasteiger partial charge in [0.05, 0.1) is 12.1 Å². The Morgan fingerprint density at radius 3 is 2.03 bits per heavy atom. The molecule has 1 unspecified atom stereocenters. The molecule has 0 aromatic heterocycles. The van der Waals surface area contributed by atoms with E-state index in [1.807, 2.05) is 55.5 Å². The van der Waals surface area contributed by atoms with Gasteiger partial charge in [-0.15, -0.1) is 0 Å². The van der Waals surface area contributed by atoms with Gasteiger partial charge in [0.2, 0.25) is 5.91 Å². The zero-order valence-electron chi connectivity index (χ0n) is 16.3. The van der Waals surface area contributed by atoms with Crippen LogP contribution in [-0.4, -0.2) is 25.2 Å². The summed E-state index contributed by atoms with van der Waals surface area (Å²) in [6.45, 7) is 2.92. The number of nitrogens with one attached hydrogen (secondary N) is 2. The van der Waals surface area contributed by atoms with Crippen LogP contribution in [0.1, 0.15) is 24.1 Å². The van der Waals surface area contributed by atoms with Gasteiger partial charge in [-0.05, 0) is 30.2 Å². The number of anilines is 1. The van der Waals surface area contributed by atoms with Gasteiger partial charge < -0.3 is 14.8 Å². The molecule has 1 aliphatic rings. The third-order valence-corrected chi connectivity index (χ3v) is 4.89. The van der Waals surface area contributed by atoms with E-state index < -0.39 is 6.04 Å². The van der Waals surface area contributed by atoms with E-state index in [-0.39, 0.29) is 11.9 Å². The molecule has 29 heavy (non-hydrogen) atoms. The van der Waals surface area contributed by atoms with Crippen molar-refractivity contribution < 1.29 is 14.3 Å². The molecule has 0 saturated heterocycles. The SMILES string of the molecule is CC(NC(c1ccccc1)c1ccccc1)C(=O)Nc1ccc2c(c1)OCCO2. The third kappa shape index (κ3) is 4.58. The minimum absolute atomic E-state index is 0.0848. The molecular formula is C24H24N2O3. The van der Waals surface area contributed by atoms with E-state index in [0.29, 0.717) is 30.4 Å². The Morgan fingerprint density at radius 2 is 1.41 bits per heavy atom. The highest BCUT2D eigenvalue weighted by Crippen LogP contribution is 2.32. The van der Waals surface area contributed by atoms with Crippen LogP contribution in [0.25, 0.3) is 0 Å². The third-order valence-electron chi connectivity index (χ3n) is 4.89. The monoisotopic (exact) mass is 388 g/mol. The Labute approximate surface area is 170 Å². The molecule has 0 radical (unpaired) electrons. The minimum Gasteiger partial charge on any atom is -0.486 e. The highest BCUT2D eigenvalue weighted by molar-refractivity contribution is 5.94. The lowest BCUT2D eigenvalue weighted by Gasteiger charge is -2.24. The maximum atomic E-state index is 12.8. The quantitative estimate of drug-likeness (QED) is 0.666. The van der Waals surface area contributed by atoms with Crippen molar-refractivity contribution in [1.82, 2.24) is 5.32 Å². The number of rotatable bonds is 6. The number of hydrogen-bond acceptors (Lipinski definition) is 4. The molecule has 148 valence electrons. The van der Waals surface area contributed by atoms with E-state index in [2.05, 4.69) is 34.9 Å². The van der Waals surface area contributed by atoms with Gasteiger partial charge in [-0.2, -0.15) is 0 Å². The minimum atomic E-state index is -0.409. The van der Waals surface area contributed by atoms with Crippen LogP contribution < -0.4 is 20.1 Å². The topological polar surface area (TPSA) is 59.6 Å². The first kappa shape index (κ1) is 19.0. The first-order chi connectivity index (χ1) is 14.2. The smallest absolute Gasteiger partial charge is 0.241 e. The summed E-state index contributed by atoms with van der Waals surface area (Å²) in [5.41, 5.74) is 2.90. The maximum absolute atomic E-state index is 12.8. The molecule has 1 heterocycles. The Morgan fingerprint density at radius 1 is 0.828 bits per heavy atom. The van der Waals surface area contributed by atoms with Gasteiger partial charge in [0.1, 0.15) is 13.2 Å². The van der Waals surface area contributed by atoms with Gasteiger partial charge >= 0.3 is 0 Å². The van der Waals surface area contributed by atoms with Crippen LogP contribution in [0.2, 0.25) is 0 Å². The van der Waals surface area contributed by atoms with Crippen molar-refractivity contribution in [2.45, 2.75) is 19.0 Å². The first-order valence-electron chi connectivity index (χ1n) is 9.77. The van der Waals surface area contributed by atoms with Crippen LogP contribution in [0, 0.1) is 0 Å². The fourth-order valence-corrected chi connectivity index (χ4v) is 3.37. The average molecular weight is 388 g/mol. The molecule has 0 aliphatic carbocycles. The van der Waals surface area contributed by atoms with Gasteiger partial charge in [-0.3, -0.25) is 10.1 Å². The van der Waals surface area contributed by atoms with E-state index in [9.17, 15) is 4.79 Å². The Balaban J connectivity index is 1.48. The van der Waals surface area contributed by atoms with Crippen molar-refractivity contribution in [2.24, 2.45) is 0 Å². The second-order valence-corrected chi connectivity index (χ2v) is 6.99. The average Bonchev–Trinajstić information content (AvgIpc) is 2.78. The zero-order valence-corrected chi connectivity index (χ0v) is 16.3. The molecule has 3 aromatic rings. The lowest BCUT2D eigenvalue weighted by atomic mass is 9.98. The number of carbonyl (C=O) groups excluding carboxylic acids is 1. The molecule has 0 saturated carbocycles. The molecule has 0 spiro atoms. The van der Waals surface area contributed by atoms with Crippen molar-refractivity contribution in [3.05, 3.63) is 90.0 Å². The molecule has 1 atom stereocenters. The Kier molecular flexibility index (Phi) is 5.77. The van der Waals surface area contributed by atoms with Crippen molar-refractivity contribution in [3.63, 3.8) is 0 Å². The van der Waals surface area contributed by atoms with Crippen LogP contribution in [-0.2, 0) is 4.79 Å². The fraction of sp³-hybridized carbons (Fsp3) is 0.208. The second-order valence-electron chi connectivity index (χ2n) is 6.99. The van der Waals surface area contributed by atoms with Crippen molar-refractivity contribution in [1.29, 1.82) is 0 Å². The van der Waals surface area contributed by atoms with Gasteiger partial charge in [0.25, 0.3) is 0 Å². The van der Waals surface area contributed by atoms with E-state index in [1.54, 1.807) is 6.07 Å². The molecular weight excluding hydrogens is 364 g/mol. The predicted octanol–water partition coefficient (Wildman–Crippen LogP) is 4.16. The summed E-state index contributed by atoms with van der Waals surface area (Å²) in [6.07, 6.45) is 0. The fourth-order valence-electron chi connectivity index (χ4n) is 3.37. The number of benzene rings is 3. The van der Waals surface area contributed by atoms with Crippen molar-refractivity contribution >= 4 is 11.6 Å². The Bertz CT molecular complexity index is 921. The number of hydrogen-bond donors (Lipinski definition) is 2. The van der Waals surface area contributed by atoms with Gasteiger partial charge in [0.15, 0.2) is 11.5 Å². The van der Waals surface area contributed by atoms with Crippen LogP contribution in [0.3, 0.4) is 0 Å². The van der Waals surface area contributed by atoms with Crippen LogP contribution in [0.5, 0.6) is 11.5 Å². The van der Waals surface area contributed by atoms with E-state index in [1.165, 1.54) is 0 Å². The molecule has 5 nitrogen and oxygen atoms in total. The van der Waals surface area contributed by atoms with Crippen LogP contribution in [0.15, 0.2) is 78.9 Å². The van der Waals surface area contributed by atoms with Crippen molar-refractivity contribution in [3.8, 4) is 11.5 Å². The number of amides is 1. The summed E-state index contributed by atoms with van der Waals surface area (Å²) in [5.74, 6) is 1.24. The highest BCUT2D eigenvalue weighted by atomic mass is 16.6. The summed E-state index contributed by atoms with van der Waals surface area (Å²) in [6, 6.07) is 25.2. The van der Waals surface area contributed by atoms with Gasteiger partial charge in [-0.1, -0.05) is 60.7 Å². The Hall–Kier alpha value is -3.31. The van der Waals surface area contributed by atoms with Crippen molar-refractivity contribution in [2.75, 3.05) is 18.5 Å². The second kappa shape index (κ2) is 8.80. The number of carbonyl (C=O) groups is 1. The van der Waals surface area contributed by atoms with Crippen LogP contribution in [0.4, 0.5) is 5.69 Å². The summed E-state index contributed by atoms with van der Waals surface area (Å²) < 4.78 is 11.1. The van der Waals surface area contributed by atoms with E-state index in [4.69, 9.17) is 9.47 Å². The lowest BCUT2D eigenvalue weighted by Crippen LogP contribution is -2.40. The highest BCUT2D eigenvalue weighted by Gasteiger charge is 2.21. The predicted molar refractivity (Wildman–Crippen MR) is 113 cm³/mol. The summed E-state index contributed by atoms with van der Waals surface area (Å²) in [5, 5.41) is 6.43. The summed E-state index contributed by atoms with van der Waals surface area (Å²) in [4.78, 5) is 12.8. The number of ether oxygens (including phenoxy) is 2. The molecule has 1 amide bonds. The summed E-state index contributed by atoms with van der Waals surface area (Å²) in [7, 11) is 0. The largest absolute Gasteiger partial charge is 0.486 e. The zero-order chi connectivity index (χ0) is 20.1. The van der Waals surface area contributed by atoms with Gasteiger partial charge in [-0.25, -0.2) is 0 Å². The normalized spacial score (nSPS) is 13.7. The molecule has 4 rings (SSSR count). The lowest BCUT2D eigenvalue weighted by molar-refractivity contribution is -0.117. The standard InChI is InChI=1S/C24H24N2O3/c1-17(24(27)26-20-12-13-21-22(16-20)29-15-14-28-21)25-23(18-8-4-2-5-9-18)19-10-6-3-7-11-19/h2-13,16-17,23,25H,14-15H2,1H3,(H,26,27). The van der Waals surface area contributed by atoms with E-state index in [0.717, 1.165) is 11.1 Å². The molecule has 3 aromatic carbocycles. The molecule has 0 bridgehead atoms. The van der Waals surface area contributed by atoms with Crippen LogP contribution >= 0.6 is 0 Å². The van der Waals surface area contributed by atoms with E-state index >= 15 is 0 Å². The maximum Gasteiger partial charge on any atom is 0.241 e.